The maximum Gasteiger partial charge on any atom is 0.193 e. The molecule has 2 aliphatic rings. The molecular formula is C16H32N4. The van der Waals surface area contributed by atoms with Gasteiger partial charge in [0.05, 0.1) is 6.54 Å². The van der Waals surface area contributed by atoms with E-state index >= 15 is 0 Å². The molecule has 1 saturated carbocycles. The zero-order chi connectivity index (χ0) is 14.2. The van der Waals surface area contributed by atoms with Crippen molar-refractivity contribution in [3.05, 3.63) is 0 Å². The van der Waals surface area contributed by atoms with E-state index < -0.39 is 0 Å². The van der Waals surface area contributed by atoms with Crippen LogP contribution < -0.4 is 5.32 Å². The van der Waals surface area contributed by atoms with Gasteiger partial charge in [0.25, 0.3) is 0 Å². The van der Waals surface area contributed by atoms with Crippen molar-refractivity contribution in [1.82, 2.24) is 15.1 Å². The Kier molecular flexibility index (Phi) is 6.64. The maximum atomic E-state index is 4.82. The molecule has 0 aromatic rings. The molecule has 20 heavy (non-hydrogen) atoms. The molecule has 1 saturated heterocycles. The molecule has 0 spiro atoms. The van der Waals surface area contributed by atoms with E-state index in [4.69, 9.17) is 4.99 Å². The van der Waals surface area contributed by atoms with E-state index in [1.807, 2.05) is 0 Å². The van der Waals surface area contributed by atoms with Gasteiger partial charge in [0.2, 0.25) is 0 Å². The molecule has 4 nitrogen and oxygen atoms in total. The predicted octanol–water partition coefficient (Wildman–Crippen LogP) is 2.31. The van der Waals surface area contributed by atoms with Crippen molar-refractivity contribution < 1.29 is 0 Å². The Bertz CT molecular complexity index is 291. The van der Waals surface area contributed by atoms with Crippen molar-refractivity contribution in [2.24, 2.45) is 4.99 Å². The Morgan fingerprint density at radius 2 is 1.85 bits per heavy atom. The van der Waals surface area contributed by atoms with Crippen molar-refractivity contribution in [2.75, 3.05) is 39.8 Å². The minimum atomic E-state index is 0.799. The molecule has 1 aliphatic heterocycles. The summed E-state index contributed by atoms with van der Waals surface area (Å²) in [5.74, 6) is 1.13. The van der Waals surface area contributed by atoms with Crippen LogP contribution in [0.5, 0.6) is 0 Å². The smallest absolute Gasteiger partial charge is 0.193 e. The third-order valence-corrected chi connectivity index (χ3v) is 4.65. The summed E-state index contributed by atoms with van der Waals surface area (Å²) >= 11 is 0. The number of aliphatic imine (C=N–C) groups is 1. The Morgan fingerprint density at radius 1 is 1.15 bits per heavy atom. The largest absolute Gasteiger partial charge is 0.357 e. The molecule has 0 bridgehead atoms. The fourth-order valence-corrected chi connectivity index (χ4v) is 3.37. The van der Waals surface area contributed by atoms with Crippen LogP contribution >= 0.6 is 0 Å². The number of likely N-dealkylation sites (N-methyl/N-ethyl adjacent to an activating group) is 1. The molecule has 0 unspecified atom stereocenters. The van der Waals surface area contributed by atoms with Crippen LogP contribution in [-0.4, -0.2) is 61.6 Å². The molecule has 0 aromatic carbocycles. The second-order valence-corrected chi connectivity index (χ2v) is 6.20. The number of nitrogens with zero attached hydrogens (tertiary/aromatic N) is 3. The van der Waals surface area contributed by atoms with Crippen LogP contribution in [0.4, 0.5) is 0 Å². The van der Waals surface area contributed by atoms with Crippen LogP contribution in [-0.2, 0) is 0 Å². The van der Waals surface area contributed by atoms with E-state index in [9.17, 15) is 0 Å². The van der Waals surface area contributed by atoms with Crippen molar-refractivity contribution in [3.8, 4) is 0 Å². The third-order valence-electron chi connectivity index (χ3n) is 4.65. The van der Waals surface area contributed by atoms with E-state index in [1.165, 1.54) is 58.0 Å². The van der Waals surface area contributed by atoms with Gasteiger partial charge in [-0.15, -0.1) is 0 Å². The van der Waals surface area contributed by atoms with Gasteiger partial charge in [-0.2, -0.15) is 0 Å². The van der Waals surface area contributed by atoms with E-state index in [2.05, 4.69) is 29.1 Å². The highest BCUT2D eigenvalue weighted by atomic mass is 15.3. The van der Waals surface area contributed by atoms with E-state index in [0.717, 1.165) is 31.6 Å². The summed E-state index contributed by atoms with van der Waals surface area (Å²) in [6, 6.07) is 0.799. The fraction of sp³-hybridized carbons (Fsp3) is 0.938. The van der Waals surface area contributed by atoms with Crippen molar-refractivity contribution in [1.29, 1.82) is 0 Å². The molecule has 4 heteroatoms. The quantitative estimate of drug-likeness (QED) is 0.619. The molecule has 1 N–H and O–H groups in total. The summed E-state index contributed by atoms with van der Waals surface area (Å²) in [4.78, 5) is 9.75. The zero-order valence-corrected chi connectivity index (χ0v) is 13.4. The Hall–Kier alpha value is -0.770. The van der Waals surface area contributed by atoms with Gasteiger partial charge >= 0.3 is 0 Å². The normalized spacial score (nSPS) is 21.8. The van der Waals surface area contributed by atoms with Gasteiger partial charge in [-0.3, -0.25) is 4.99 Å². The highest BCUT2D eigenvalue weighted by molar-refractivity contribution is 5.80. The Balaban J connectivity index is 1.76. The van der Waals surface area contributed by atoms with E-state index in [0.29, 0.717) is 0 Å². The lowest BCUT2D eigenvalue weighted by molar-refractivity contribution is 0.196. The molecule has 1 heterocycles. The van der Waals surface area contributed by atoms with Crippen molar-refractivity contribution >= 4 is 5.96 Å². The highest BCUT2D eigenvalue weighted by Gasteiger charge is 2.18. The number of hydrogen-bond donors (Lipinski definition) is 1. The van der Waals surface area contributed by atoms with Gasteiger partial charge in [0, 0.05) is 32.2 Å². The number of rotatable bonds is 5. The highest BCUT2D eigenvalue weighted by Crippen LogP contribution is 2.21. The minimum absolute atomic E-state index is 0.799. The van der Waals surface area contributed by atoms with Crippen LogP contribution in [0.1, 0.15) is 51.9 Å². The minimum Gasteiger partial charge on any atom is -0.357 e. The first kappa shape index (κ1) is 15.6. The monoisotopic (exact) mass is 280 g/mol. The molecule has 0 atom stereocenters. The van der Waals surface area contributed by atoms with Crippen molar-refractivity contribution in [2.45, 2.75) is 57.9 Å². The molecule has 2 rings (SSSR count). The van der Waals surface area contributed by atoms with Gasteiger partial charge in [-0.05, 0) is 39.7 Å². The molecule has 0 amide bonds. The summed E-state index contributed by atoms with van der Waals surface area (Å²) in [5.41, 5.74) is 0. The van der Waals surface area contributed by atoms with Crippen molar-refractivity contribution in [3.63, 3.8) is 0 Å². The SMILES string of the molecule is CCNC(=NCCN(C)C1CCCCC1)N1CCCC1. The summed E-state index contributed by atoms with van der Waals surface area (Å²) < 4.78 is 0. The zero-order valence-electron chi connectivity index (χ0n) is 13.4. The molecule has 2 fully saturated rings. The van der Waals surface area contributed by atoms with E-state index in [1.54, 1.807) is 0 Å². The lowest BCUT2D eigenvalue weighted by Crippen LogP contribution is -2.40. The topological polar surface area (TPSA) is 30.9 Å². The molecule has 0 aromatic heterocycles. The summed E-state index contributed by atoms with van der Waals surface area (Å²) in [5, 5.41) is 3.44. The van der Waals surface area contributed by atoms with Gasteiger partial charge in [0.15, 0.2) is 5.96 Å². The van der Waals surface area contributed by atoms with E-state index in [-0.39, 0.29) is 0 Å². The van der Waals surface area contributed by atoms with Crippen LogP contribution in [0.3, 0.4) is 0 Å². The van der Waals surface area contributed by atoms with Crippen LogP contribution in [0.2, 0.25) is 0 Å². The average molecular weight is 280 g/mol. The van der Waals surface area contributed by atoms with Gasteiger partial charge in [0.1, 0.15) is 0 Å². The molecular weight excluding hydrogens is 248 g/mol. The number of likely N-dealkylation sites (tertiary alicyclic amines) is 1. The first-order chi connectivity index (χ1) is 9.81. The Morgan fingerprint density at radius 3 is 2.50 bits per heavy atom. The van der Waals surface area contributed by atoms with Crippen LogP contribution in [0, 0.1) is 0 Å². The summed E-state index contributed by atoms with van der Waals surface area (Å²) in [6.07, 6.45) is 9.64. The van der Waals surface area contributed by atoms with Gasteiger partial charge in [-0.25, -0.2) is 0 Å². The Labute approximate surface area is 124 Å². The number of hydrogen-bond acceptors (Lipinski definition) is 2. The van der Waals surface area contributed by atoms with Crippen LogP contribution in [0.25, 0.3) is 0 Å². The molecule has 1 aliphatic carbocycles. The lowest BCUT2D eigenvalue weighted by Gasteiger charge is -2.30. The maximum absolute atomic E-state index is 4.82. The van der Waals surface area contributed by atoms with Gasteiger partial charge < -0.3 is 15.1 Å². The average Bonchev–Trinajstić information content (AvgIpc) is 3.01. The second kappa shape index (κ2) is 8.50. The first-order valence-electron chi connectivity index (χ1n) is 8.54. The molecule has 0 radical (unpaired) electrons. The van der Waals surface area contributed by atoms with Crippen LogP contribution in [0.15, 0.2) is 4.99 Å². The van der Waals surface area contributed by atoms with Gasteiger partial charge in [-0.1, -0.05) is 19.3 Å². The third kappa shape index (κ3) is 4.65. The summed E-state index contributed by atoms with van der Waals surface area (Å²) in [6.45, 7) is 7.47. The predicted molar refractivity (Wildman–Crippen MR) is 86.3 cm³/mol. The number of guanidine groups is 1. The first-order valence-corrected chi connectivity index (χ1v) is 8.54. The fourth-order valence-electron chi connectivity index (χ4n) is 3.37. The summed E-state index contributed by atoms with van der Waals surface area (Å²) in [7, 11) is 2.27. The molecule has 116 valence electrons. The lowest BCUT2D eigenvalue weighted by atomic mass is 9.94. The second-order valence-electron chi connectivity index (χ2n) is 6.20. The number of nitrogens with one attached hydrogen (secondary N) is 1. The standard InChI is InChI=1S/C16H32N4/c1-3-17-16(20-12-7-8-13-20)18-11-14-19(2)15-9-5-4-6-10-15/h15H,3-14H2,1-2H3,(H,17,18).